The zero-order valence-corrected chi connectivity index (χ0v) is 10.7. The van der Waals surface area contributed by atoms with Crippen LogP contribution in [0.25, 0.3) is 0 Å². The second-order valence-corrected chi connectivity index (χ2v) is 4.28. The number of likely N-dealkylation sites (N-methyl/N-ethyl adjacent to an activating group) is 1. The van der Waals surface area contributed by atoms with Gasteiger partial charge < -0.3 is 9.80 Å². The Bertz CT molecular complexity index is 309. The third kappa shape index (κ3) is 3.45. The minimum atomic E-state index is 0.395. The van der Waals surface area contributed by atoms with E-state index in [4.69, 9.17) is 5.41 Å². The molecule has 4 heteroatoms. The Morgan fingerprint density at radius 1 is 1.19 bits per heavy atom. The maximum atomic E-state index is 7.94. The number of nitrogens with one attached hydrogen (secondary N) is 1. The van der Waals surface area contributed by atoms with E-state index in [9.17, 15) is 0 Å². The van der Waals surface area contributed by atoms with Crippen LogP contribution < -0.4 is 0 Å². The third-order valence-electron chi connectivity index (χ3n) is 3.08. The van der Waals surface area contributed by atoms with Gasteiger partial charge in [0.2, 0.25) is 5.96 Å². The van der Waals surface area contributed by atoms with Crippen molar-refractivity contribution in [1.82, 2.24) is 9.80 Å². The molecule has 0 aromatic rings. The highest BCUT2D eigenvalue weighted by Crippen LogP contribution is 2.03. The van der Waals surface area contributed by atoms with E-state index in [1.807, 2.05) is 31.7 Å². The van der Waals surface area contributed by atoms with E-state index in [0.717, 1.165) is 37.5 Å². The van der Waals surface area contributed by atoms with Crippen LogP contribution in [0.4, 0.5) is 0 Å². The average molecular weight is 222 g/mol. The van der Waals surface area contributed by atoms with E-state index < -0.39 is 0 Å². The highest BCUT2D eigenvalue weighted by molar-refractivity contribution is 6.04. The Kier molecular flexibility index (Phi) is 4.68. The van der Waals surface area contributed by atoms with Gasteiger partial charge in [0.05, 0.1) is 0 Å². The van der Waals surface area contributed by atoms with Crippen LogP contribution in [0.5, 0.6) is 0 Å². The normalized spacial score (nSPS) is 20.1. The van der Waals surface area contributed by atoms with Crippen molar-refractivity contribution >= 4 is 11.7 Å². The van der Waals surface area contributed by atoms with Crippen LogP contribution in [0.1, 0.15) is 20.8 Å². The lowest BCUT2D eigenvalue weighted by Crippen LogP contribution is -2.46. The van der Waals surface area contributed by atoms with E-state index >= 15 is 0 Å². The lowest BCUT2D eigenvalue weighted by Gasteiger charge is -2.32. The monoisotopic (exact) mass is 222 g/mol. The summed E-state index contributed by atoms with van der Waals surface area (Å²) in [5.74, 6) is 0.395. The van der Waals surface area contributed by atoms with Crippen LogP contribution in [0, 0.1) is 5.41 Å². The number of hydrogen-bond acceptors (Lipinski definition) is 2. The van der Waals surface area contributed by atoms with Crippen molar-refractivity contribution < 1.29 is 0 Å². The summed E-state index contributed by atoms with van der Waals surface area (Å²) in [7, 11) is 2.11. The molecule has 1 N–H and O–H groups in total. The summed E-state index contributed by atoms with van der Waals surface area (Å²) < 4.78 is 0. The van der Waals surface area contributed by atoms with Crippen molar-refractivity contribution in [2.45, 2.75) is 20.8 Å². The number of piperazine rings is 1. The van der Waals surface area contributed by atoms with E-state index in [-0.39, 0.29) is 0 Å². The minimum Gasteiger partial charge on any atom is -0.339 e. The summed E-state index contributed by atoms with van der Waals surface area (Å²) in [5, 5.41) is 7.94. The molecule has 0 bridgehead atoms. The van der Waals surface area contributed by atoms with Gasteiger partial charge in [-0.15, -0.1) is 0 Å². The Labute approximate surface area is 98.2 Å². The van der Waals surface area contributed by atoms with Crippen molar-refractivity contribution in [3.05, 3.63) is 11.6 Å². The zero-order chi connectivity index (χ0) is 12.1. The quantitative estimate of drug-likeness (QED) is 0.541. The molecule has 0 atom stereocenters. The van der Waals surface area contributed by atoms with Gasteiger partial charge in [-0.05, 0) is 33.4 Å². The molecule has 0 spiro atoms. The van der Waals surface area contributed by atoms with E-state index in [0.29, 0.717) is 5.96 Å². The van der Waals surface area contributed by atoms with Crippen LogP contribution in [-0.2, 0) is 0 Å². The standard InChI is InChI=1S/C12H22N4/c1-5-10(2)11(3)14-12(13)16-8-6-15(4)7-9-16/h5,13H,6-9H2,1-4H3/b10-5+,13-12?,14-11+. The van der Waals surface area contributed by atoms with Gasteiger partial charge in [-0.1, -0.05) is 6.08 Å². The fraction of sp³-hybridized carbons (Fsp3) is 0.667. The molecule has 1 aliphatic heterocycles. The molecular formula is C12H22N4. The topological polar surface area (TPSA) is 42.7 Å². The van der Waals surface area contributed by atoms with Crippen molar-refractivity contribution in [2.75, 3.05) is 33.2 Å². The number of allylic oxidation sites excluding steroid dienone is 2. The molecule has 0 saturated carbocycles. The Hall–Kier alpha value is -1.16. The summed E-state index contributed by atoms with van der Waals surface area (Å²) in [6, 6.07) is 0. The Morgan fingerprint density at radius 3 is 2.25 bits per heavy atom. The van der Waals surface area contributed by atoms with Crippen molar-refractivity contribution in [2.24, 2.45) is 4.99 Å². The molecule has 1 aliphatic rings. The molecular weight excluding hydrogens is 200 g/mol. The third-order valence-corrected chi connectivity index (χ3v) is 3.08. The largest absolute Gasteiger partial charge is 0.339 e. The molecule has 1 rings (SSSR count). The van der Waals surface area contributed by atoms with Gasteiger partial charge in [0, 0.05) is 31.9 Å². The summed E-state index contributed by atoms with van der Waals surface area (Å²) in [4.78, 5) is 8.65. The van der Waals surface area contributed by atoms with Crippen LogP contribution in [0.2, 0.25) is 0 Å². The SMILES string of the molecule is C/C=C(C)/C(C)=N/C(=N)N1CCN(C)CC1. The van der Waals surface area contributed by atoms with Crippen molar-refractivity contribution in [3.63, 3.8) is 0 Å². The maximum Gasteiger partial charge on any atom is 0.218 e. The Morgan fingerprint density at radius 2 is 1.75 bits per heavy atom. The number of nitrogens with zero attached hydrogens (tertiary/aromatic N) is 3. The van der Waals surface area contributed by atoms with E-state index in [1.165, 1.54) is 0 Å². The fourth-order valence-corrected chi connectivity index (χ4v) is 1.54. The second-order valence-electron chi connectivity index (χ2n) is 4.28. The molecule has 1 fully saturated rings. The minimum absolute atomic E-state index is 0.395. The second kappa shape index (κ2) is 5.80. The summed E-state index contributed by atoms with van der Waals surface area (Å²) in [6.07, 6.45) is 2.02. The van der Waals surface area contributed by atoms with Gasteiger partial charge in [-0.25, -0.2) is 4.99 Å². The highest BCUT2D eigenvalue weighted by Gasteiger charge is 2.15. The molecule has 0 amide bonds. The maximum absolute atomic E-state index is 7.94. The van der Waals surface area contributed by atoms with Gasteiger partial charge >= 0.3 is 0 Å². The zero-order valence-electron chi connectivity index (χ0n) is 10.7. The van der Waals surface area contributed by atoms with Gasteiger partial charge in [-0.3, -0.25) is 5.41 Å². The molecule has 0 unspecified atom stereocenters. The molecule has 4 nitrogen and oxygen atoms in total. The first-order valence-corrected chi connectivity index (χ1v) is 5.75. The lowest BCUT2D eigenvalue weighted by atomic mass is 10.2. The molecule has 0 aromatic carbocycles. The van der Waals surface area contributed by atoms with Crippen LogP contribution in [-0.4, -0.2) is 54.7 Å². The molecule has 90 valence electrons. The average Bonchev–Trinajstić information content (AvgIpc) is 2.28. The van der Waals surface area contributed by atoms with Crippen LogP contribution in [0.15, 0.2) is 16.6 Å². The van der Waals surface area contributed by atoms with Crippen molar-refractivity contribution in [3.8, 4) is 0 Å². The first-order valence-electron chi connectivity index (χ1n) is 5.75. The smallest absolute Gasteiger partial charge is 0.218 e. The number of hydrogen-bond donors (Lipinski definition) is 1. The molecule has 1 saturated heterocycles. The fourth-order valence-electron chi connectivity index (χ4n) is 1.54. The van der Waals surface area contributed by atoms with Gasteiger partial charge in [0.15, 0.2) is 0 Å². The first-order chi connectivity index (χ1) is 7.54. The summed E-state index contributed by atoms with van der Waals surface area (Å²) in [6.45, 7) is 9.81. The first kappa shape index (κ1) is 12.9. The van der Waals surface area contributed by atoms with Crippen LogP contribution in [0.3, 0.4) is 0 Å². The molecule has 0 radical (unpaired) electrons. The van der Waals surface area contributed by atoms with Gasteiger partial charge in [-0.2, -0.15) is 0 Å². The predicted molar refractivity (Wildman–Crippen MR) is 69.3 cm³/mol. The lowest BCUT2D eigenvalue weighted by molar-refractivity contribution is 0.213. The summed E-state index contributed by atoms with van der Waals surface area (Å²) >= 11 is 0. The number of guanidine groups is 1. The van der Waals surface area contributed by atoms with Gasteiger partial charge in [0.25, 0.3) is 0 Å². The molecule has 16 heavy (non-hydrogen) atoms. The molecule has 0 aliphatic carbocycles. The van der Waals surface area contributed by atoms with Crippen LogP contribution >= 0.6 is 0 Å². The summed E-state index contributed by atoms with van der Waals surface area (Å²) in [5.41, 5.74) is 2.07. The van der Waals surface area contributed by atoms with E-state index in [1.54, 1.807) is 0 Å². The highest BCUT2D eigenvalue weighted by atomic mass is 15.3. The Balaban J connectivity index is 2.59. The van der Waals surface area contributed by atoms with E-state index in [2.05, 4.69) is 16.9 Å². The predicted octanol–water partition coefficient (Wildman–Crippen LogP) is 1.60. The number of aliphatic imine (C=N–C) groups is 1. The molecule has 0 aromatic heterocycles. The number of rotatable bonds is 1. The molecule has 1 heterocycles. The van der Waals surface area contributed by atoms with Gasteiger partial charge in [0.1, 0.15) is 0 Å². The van der Waals surface area contributed by atoms with Crippen molar-refractivity contribution in [1.29, 1.82) is 5.41 Å².